The van der Waals surface area contributed by atoms with Crippen LogP contribution in [0.15, 0.2) is 58.4 Å². The number of alkyl halides is 3. The molecule has 2 heterocycles. The predicted molar refractivity (Wildman–Crippen MR) is 101 cm³/mol. The summed E-state index contributed by atoms with van der Waals surface area (Å²) in [5, 5.41) is 2.64. The lowest BCUT2D eigenvalue weighted by molar-refractivity contribution is -0.137. The number of hydrogen-bond acceptors (Lipinski definition) is 4. The van der Waals surface area contributed by atoms with E-state index in [1.807, 2.05) is 0 Å². The maximum atomic E-state index is 12.9. The second kappa shape index (κ2) is 6.52. The van der Waals surface area contributed by atoms with Gasteiger partial charge in [0.05, 0.1) is 27.4 Å². The first-order valence-corrected chi connectivity index (χ1v) is 8.94. The van der Waals surface area contributed by atoms with Crippen LogP contribution < -0.4 is 10.2 Å². The summed E-state index contributed by atoms with van der Waals surface area (Å²) in [4.78, 5) is 30.8. The Kier molecular flexibility index (Phi) is 4.26. The molecule has 2 amide bonds. The van der Waals surface area contributed by atoms with Crippen molar-refractivity contribution in [3.63, 3.8) is 0 Å². The number of likely N-dealkylation sites (N-methyl/N-ethyl adjacent to an activating group) is 1. The van der Waals surface area contributed by atoms with Gasteiger partial charge in [0.2, 0.25) is 0 Å². The highest BCUT2D eigenvalue weighted by atomic mass is 32.2. The van der Waals surface area contributed by atoms with Crippen LogP contribution >= 0.6 is 11.8 Å². The third-order valence-electron chi connectivity index (χ3n) is 4.31. The first kappa shape index (κ1) is 18.3. The molecule has 2 aliphatic heterocycles. The van der Waals surface area contributed by atoms with Crippen molar-refractivity contribution in [1.29, 1.82) is 0 Å². The fourth-order valence-corrected chi connectivity index (χ4v) is 3.93. The van der Waals surface area contributed by atoms with E-state index in [2.05, 4.69) is 10.3 Å². The molecule has 1 saturated heterocycles. The van der Waals surface area contributed by atoms with Gasteiger partial charge in [-0.2, -0.15) is 13.2 Å². The van der Waals surface area contributed by atoms with Gasteiger partial charge in [0.1, 0.15) is 0 Å². The Balaban J connectivity index is 1.72. The van der Waals surface area contributed by atoms with E-state index in [1.54, 1.807) is 31.3 Å². The van der Waals surface area contributed by atoms with Crippen molar-refractivity contribution in [2.75, 3.05) is 11.9 Å². The molecule has 2 aromatic rings. The third-order valence-corrected chi connectivity index (χ3v) is 5.29. The van der Waals surface area contributed by atoms with Crippen LogP contribution in [0.2, 0.25) is 0 Å². The molecular formula is C19H12F3N3O2S. The Morgan fingerprint density at radius 1 is 1.07 bits per heavy atom. The van der Waals surface area contributed by atoms with Crippen LogP contribution in [0.1, 0.15) is 11.1 Å². The molecule has 0 unspecified atom stereocenters. The Hall–Kier alpha value is -3.07. The van der Waals surface area contributed by atoms with E-state index >= 15 is 0 Å². The summed E-state index contributed by atoms with van der Waals surface area (Å²) in [7, 11) is 1.61. The number of nitrogens with one attached hydrogen (secondary N) is 1. The molecule has 0 saturated carbocycles. The molecule has 5 nitrogen and oxygen atoms in total. The first-order valence-electron chi connectivity index (χ1n) is 8.12. The number of rotatable bonds is 1. The number of amidine groups is 1. The number of carbonyl (C=O) groups excluding carboxylic acids is 2. The molecule has 28 heavy (non-hydrogen) atoms. The fourth-order valence-electron chi connectivity index (χ4n) is 3.00. The minimum atomic E-state index is -4.49. The average molecular weight is 403 g/mol. The lowest BCUT2D eigenvalue weighted by atomic mass is 10.1. The van der Waals surface area contributed by atoms with Crippen molar-refractivity contribution in [3.05, 3.63) is 64.6 Å². The largest absolute Gasteiger partial charge is 0.416 e. The summed E-state index contributed by atoms with van der Waals surface area (Å²) >= 11 is 0.934. The molecular weight excluding hydrogens is 391 g/mol. The molecule has 1 fully saturated rings. The number of para-hydroxylation sites is 1. The van der Waals surface area contributed by atoms with Crippen LogP contribution in [0.3, 0.4) is 0 Å². The zero-order valence-electron chi connectivity index (χ0n) is 14.4. The summed E-state index contributed by atoms with van der Waals surface area (Å²) in [5.41, 5.74) is 0.803. The van der Waals surface area contributed by atoms with E-state index in [4.69, 9.17) is 0 Å². The topological polar surface area (TPSA) is 61.8 Å². The maximum Gasteiger partial charge on any atom is 0.416 e. The van der Waals surface area contributed by atoms with E-state index in [9.17, 15) is 22.8 Å². The number of anilines is 1. The Morgan fingerprint density at radius 3 is 2.57 bits per heavy atom. The van der Waals surface area contributed by atoms with Crippen LogP contribution in [-0.4, -0.2) is 24.0 Å². The van der Waals surface area contributed by atoms with Gasteiger partial charge in [-0.3, -0.25) is 9.59 Å². The van der Waals surface area contributed by atoms with Gasteiger partial charge in [0, 0.05) is 12.6 Å². The van der Waals surface area contributed by atoms with Gasteiger partial charge in [-0.15, -0.1) is 0 Å². The van der Waals surface area contributed by atoms with Crippen molar-refractivity contribution in [3.8, 4) is 0 Å². The number of thioether (sulfide) groups is 1. The molecule has 142 valence electrons. The summed E-state index contributed by atoms with van der Waals surface area (Å²) in [5.74, 6) is -0.830. The van der Waals surface area contributed by atoms with E-state index in [-0.39, 0.29) is 27.2 Å². The summed E-state index contributed by atoms with van der Waals surface area (Å²) in [6.07, 6.45) is -4.49. The first-order chi connectivity index (χ1) is 13.3. The molecule has 1 N–H and O–H groups in total. The van der Waals surface area contributed by atoms with Crippen LogP contribution in [0.5, 0.6) is 0 Å². The zero-order valence-corrected chi connectivity index (χ0v) is 15.2. The number of fused-ring (bicyclic) bond motifs is 1. The normalized spacial score (nSPS) is 20.7. The van der Waals surface area contributed by atoms with E-state index < -0.39 is 17.6 Å². The lowest BCUT2D eigenvalue weighted by Crippen LogP contribution is -2.23. The van der Waals surface area contributed by atoms with Crippen molar-refractivity contribution in [2.45, 2.75) is 6.18 Å². The average Bonchev–Trinajstić information content (AvgIpc) is 3.12. The van der Waals surface area contributed by atoms with Crippen molar-refractivity contribution < 1.29 is 22.8 Å². The van der Waals surface area contributed by atoms with E-state index in [1.165, 1.54) is 17.0 Å². The Labute approximate surface area is 161 Å². The lowest BCUT2D eigenvalue weighted by Gasteiger charge is -2.08. The minimum Gasteiger partial charge on any atom is -0.311 e. The molecule has 2 aliphatic rings. The molecule has 0 aliphatic carbocycles. The van der Waals surface area contributed by atoms with Gasteiger partial charge in [0.25, 0.3) is 11.8 Å². The summed E-state index contributed by atoms with van der Waals surface area (Å²) < 4.78 is 38.6. The van der Waals surface area contributed by atoms with Gasteiger partial charge >= 0.3 is 6.18 Å². The van der Waals surface area contributed by atoms with E-state index in [0.717, 1.165) is 23.9 Å². The smallest absolute Gasteiger partial charge is 0.311 e. The summed E-state index contributed by atoms with van der Waals surface area (Å²) in [6, 6.07) is 11.6. The molecule has 0 bridgehead atoms. The summed E-state index contributed by atoms with van der Waals surface area (Å²) in [6.45, 7) is 0. The van der Waals surface area contributed by atoms with Gasteiger partial charge in [-0.25, -0.2) is 4.99 Å². The van der Waals surface area contributed by atoms with Crippen molar-refractivity contribution in [1.82, 2.24) is 5.32 Å². The van der Waals surface area contributed by atoms with Crippen LogP contribution in [0.25, 0.3) is 5.57 Å². The number of benzene rings is 2. The molecule has 0 atom stereocenters. The SMILES string of the molecule is CN1C(=O)/C(=C2/SC(=Nc3cccc(C(F)(F)F)c3)NC2=O)c2ccccc21. The molecule has 9 heteroatoms. The maximum absolute atomic E-state index is 12.9. The number of nitrogens with zero attached hydrogens (tertiary/aromatic N) is 2. The van der Waals surface area contributed by atoms with Crippen LogP contribution in [0, 0.1) is 0 Å². The molecule has 2 aromatic carbocycles. The number of hydrogen-bond donors (Lipinski definition) is 1. The number of amides is 2. The minimum absolute atomic E-state index is 0.0548. The highest BCUT2D eigenvalue weighted by Crippen LogP contribution is 2.42. The molecule has 4 rings (SSSR count). The second-order valence-electron chi connectivity index (χ2n) is 6.11. The van der Waals surface area contributed by atoms with Gasteiger partial charge < -0.3 is 10.2 Å². The van der Waals surface area contributed by atoms with Crippen molar-refractivity contribution >= 4 is 45.7 Å². The highest BCUT2D eigenvalue weighted by molar-refractivity contribution is 8.18. The van der Waals surface area contributed by atoms with E-state index in [0.29, 0.717) is 11.3 Å². The van der Waals surface area contributed by atoms with Crippen LogP contribution in [-0.2, 0) is 15.8 Å². The fraction of sp³-hybridized carbons (Fsp3) is 0.105. The molecule has 0 radical (unpaired) electrons. The van der Waals surface area contributed by atoms with Crippen molar-refractivity contribution in [2.24, 2.45) is 4.99 Å². The number of aliphatic imine (C=N–C) groups is 1. The Morgan fingerprint density at radius 2 is 1.82 bits per heavy atom. The quantitative estimate of drug-likeness (QED) is 0.734. The molecule has 0 spiro atoms. The van der Waals surface area contributed by atoms with Gasteiger partial charge in [0.15, 0.2) is 5.17 Å². The van der Waals surface area contributed by atoms with Crippen LogP contribution in [0.4, 0.5) is 24.5 Å². The predicted octanol–water partition coefficient (Wildman–Crippen LogP) is 3.94. The van der Waals surface area contributed by atoms with Gasteiger partial charge in [-0.1, -0.05) is 24.3 Å². The number of halogens is 3. The number of carbonyl (C=O) groups is 2. The standard InChI is InChI=1S/C19H12F3N3O2S/c1-25-13-8-3-2-7-12(13)14(17(25)27)15-16(26)24-18(28-15)23-11-6-4-5-10(9-11)19(20,21)22/h2-9H,1H3,(H,23,24,26)/b15-14+. The monoisotopic (exact) mass is 403 g/mol. The second-order valence-corrected chi connectivity index (χ2v) is 7.11. The third kappa shape index (κ3) is 3.07. The highest BCUT2D eigenvalue weighted by Gasteiger charge is 2.38. The molecule has 0 aromatic heterocycles. The zero-order chi connectivity index (χ0) is 20.1. The van der Waals surface area contributed by atoms with Gasteiger partial charge in [-0.05, 0) is 36.0 Å². The Bertz CT molecular complexity index is 1080.